The molecule has 0 aliphatic heterocycles. The normalized spacial score (nSPS) is 12.1. The molecular formula is C19H16F3N2OP. The van der Waals surface area contributed by atoms with Gasteiger partial charge in [0.25, 0.3) is 0 Å². The van der Waals surface area contributed by atoms with Gasteiger partial charge in [-0.2, -0.15) is 13.2 Å². The fraction of sp³-hybridized carbons (Fsp3) is 0.0526. The minimum absolute atomic E-state index is 0.237. The molecular weight excluding hydrogens is 360 g/mol. The Morgan fingerprint density at radius 3 is 1.50 bits per heavy atom. The summed E-state index contributed by atoms with van der Waals surface area (Å²) in [5, 5.41) is 0.927. The topological polar surface area (TPSA) is 69.1 Å². The number of hydrogen-bond donors (Lipinski definition) is 2. The summed E-state index contributed by atoms with van der Waals surface area (Å²) in [5.74, 6) is 0. The summed E-state index contributed by atoms with van der Waals surface area (Å²) in [5.41, 5.74) is 11.8. The van der Waals surface area contributed by atoms with Gasteiger partial charge in [0.2, 0.25) is 0 Å². The molecule has 0 aliphatic carbocycles. The number of rotatable bonds is 3. The highest BCUT2D eigenvalue weighted by atomic mass is 31.2. The van der Waals surface area contributed by atoms with Crippen molar-refractivity contribution in [3.63, 3.8) is 0 Å². The summed E-state index contributed by atoms with van der Waals surface area (Å²) >= 11 is 0. The van der Waals surface area contributed by atoms with Crippen molar-refractivity contribution < 1.29 is 17.7 Å². The average molecular weight is 376 g/mol. The van der Waals surface area contributed by atoms with E-state index in [1.54, 1.807) is 48.5 Å². The van der Waals surface area contributed by atoms with E-state index < -0.39 is 18.9 Å². The second kappa shape index (κ2) is 6.54. The lowest BCUT2D eigenvalue weighted by Gasteiger charge is -2.23. The number of halogens is 3. The fourth-order valence-electron chi connectivity index (χ4n) is 2.82. The quantitative estimate of drug-likeness (QED) is 0.543. The first-order chi connectivity index (χ1) is 12.2. The van der Waals surface area contributed by atoms with Gasteiger partial charge in [-0.3, -0.25) is 0 Å². The third-order valence-electron chi connectivity index (χ3n) is 4.11. The van der Waals surface area contributed by atoms with Gasteiger partial charge in [-0.15, -0.1) is 0 Å². The predicted molar refractivity (Wildman–Crippen MR) is 99.7 cm³/mol. The number of hydrogen-bond acceptors (Lipinski definition) is 3. The molecule has 0 bridgehead atoms. The standard InChI is InChI=1S/C19H16F3N2OP/c20-19(21,22)13-9-11-14(12-10-13)26(25,17-7-3-1-5-15(17)23)18-8-4-2-6-16(18)24/h1-12H,23-24H2. The molecule has 3 rings (SSSR count). The second-order valence-electron chi connectivity index (χ2n) is 5.77. The van der Waals surface area contributed by atoms with Crippen molar-refractivity contribution in [2.24, 2.45) is 0 Å². The molecule has 0 atom stereocenters. The lowest BCUT2D eigenvalue weighted by atomic mass is 10.2. The number of para-hydroxylation sites is 2. The summed E-state index contributed by atoms with van der Waals surface area (Å²) in [4.78, 5) is 0. The van der Waals surface area contributed by atoms with Crippen LogP contribution in [0.3, 0.4) is 0 Å². The van der Waals surface area contributed by atoms with Crippen LogP contribution < -0.4 is 27.4 Å². The maximum absolute atomic E-state index is 14.2. The molecule has 0 heterocycles. The zero-order chi connectivity index (χ0) is 18.9. The van der Waals surface area contributed by atoms with Crippen LogP contribution in [-0.2, 0) is 10.7 Å². The van der Waals surface area contributed by atoms with Crippen LogP contribution in [0, 0.1) is 0 Å². The molecule has 0 radical (unpaired) electrons. The van der Waals surface area contributed by atoms with Gasteiger partial charge >= 0.3 is 6.18 Å². The Labute approximate surface area is 148 Å². The summed E-state index contributed by atoms with van der Waals surface area (Å²) in [6.07, 6.45) is -4.47. The molecule has 3 aromatic rings. The lowest BCUT2D eigenvalue weighted by molar-refractivity contribution is -0.137. The molecule has 26 heavy (non-hydrogen) atoms. The van der Waals surface area contributed by atoms with E-state index in [0.717, 1.165) is 12.1 Å². The van der Waals surface area contributed by atoms with Crippen LogP contribution in [0.4, 0.5) is 24.5 Å². The van der Waals surface area contributed by atoms with E-state index in [4.69, 9.17) is 11.5 Å². The maximum Gasteiger partial charge on any atom is 0.416 e. The minimum Gasteiger partial charge on any atom is -0.398 e. The molecule has 0 aromatic heterocycles. The summed E-state index contributed by atoms with van der Waals surface area (Å²) in [6.45, 7) is 0. The van der Waals surface area contributed by atoms with Crippen LogP contribution in [0.1, 0.15) is 5.56 Å². The Bertz CT molecular complexity index is 935. The smallest absolute Gasteiger partial charge is 0.398 e. The molecule has 0 saturated heterocycles. The van der Waals surface area contributed by atoms with Gasteiger partial charge in [-0.1, -0.05) is 36.4 Å². The van der Waals surface area contributed by atoms with E-state index in [0.29, 0.717) is 22.0 Å². The highest BCUT2D eigenvalue weighted by Gasteiger charge is 2.35. The van der Waals surface area contributed by atoms with Crippen molar-refractivity contribution in [3.05, 3.63) is 78.4 Å². The Morgan fingerprint density at radius 2 is 1.12 bits per heavy atom. The third-order valence-corrected chi connectivity index (χ3v) is 7.31. The molecule has 3 aromatic carbocycles. The van der Waals surface area contributed by atoms with Crippen molar-refractivity contribution >= 4 is 34.4 Å². The summed E-state index contributed by atoms with van der Waals surface area (Å²) in [6, 6.07) is 17.5. The average Bonchev–Trinajstić information content (AvgIpc) is 2.61. The molecule has 134 valence electrons. The highest BCUT2D eigenvalue weighted by molar-refractivity contribution is 7.85. The highest BCUT2D eigenvalue weighted by Crippen LogP contribution is 2.46. The molecule has 0 fully saturated rings. The van der Waals surface area contributed by atoms with Crippen molar-refractivity contribution in [1.29, 1.82) is 0 Å². The zero-order valence-electron chi connectivity index (χ0n) is 13.6. The third kappa shape index (κ3) is 3.08. The van der Waals surface area contributed by atoms with Crippen molar-refractivity contribution in [2.45, 2.75) is 6.18 Å². The van der Waals surface area contributed by atoms with Crippen LogP contribution in [0.15, 0.2) is 72.8 Å². The van der Waals surface area contributed by atoms with Gasteiger partial charge in [-0.25, -0.2) is 0 Å². The first-order valence-corrected chi connectivity index (χ1v) is 9.43. The van der Waals surface area contributed by atoms with E-state index in [1.165, 1.54) is 12.1 Å². The fourth-order valence-corrected chi connectivity index (χ4v) is 5.67. The van der Waals surface area contributed by atoms with E-state index in [9.17, 15) is 17.7 Å². The number of nitrogen functional groups attached to an aromatic ring is 2. The molecule has 7 heteroatoms. The van der Waals surface area contributed by atoms with E-state index in [-0.39, 0.29) is 5.30 Å². The van der Waals surface area contributed by atoms with Gasteiger partial charge in [0.15, 0.2) is 7.14 Å². The molecule has 0 unspecified atom stereocenters. The number of nitrogens with two attached hydrogens (primary N) is 2. The minimum atomic E-state index is -4.47. The van der Waals surface area contributed by atoms with Crippen LogP contribution in [0.25, 0.3) is 0 Å². The second-order valence-corrected chi connectivity index (χ2v) is 8.47. The molecule has 0 aliphatic rings. The van der Waals surface area contributed by atoms with Gasteiger partial charge < -0.3 is 16.0 Å². The van der Waals surface area contributed by atoms with E-state index in [2.05, 4.69) is 0 Å². The SMILES string of the molecule is Nc1ccccc1P(=O)(c1ccc(C(F)(F)F)cc1)c1ccccc1N. The number of alkyl halides is 3. The number of anilines is 2. The van der Waals surface area contributed by atoms with Gasteiger partial charge in [-0.05, 0) is 36.4 Å². The Hall–Kier alpha value is -2.72. The maximum atomic E-state index is 14.2. The van der Waals surface area contributed by atoms with Gasteiger partial charge in [0, 0.05) is 27.3 Å². The van der Waals surface area contributed by atoms with Crippen LogP contribution in [0.2, 0.25) is 0 Å². The summed E-state index contributed by atoms with van der Waals surface area (Å²) in [7, 11) is -3.54. The lowest BCUT2D eigenvalue weighted by Crippen LogP contribution is -2.28. The molecule has 3 nitrogen and oxygen atoms in total. The molecule has 0 amide bonds. The Balaban J connectivity index is 2.28. The first-order valence-electron chi connectivity index (χ1n) is 7.72. The van der Waals surface area contributed by atoms with Crippen LogP contribution in [0.5, 0.6) is 0 Å². The van der Waals surface area contributed by atoms with Crippen molar-refractivity contribution in [1.82, 2.24) is 0 Å². The zero-order valence-corrected chi connectivity index (χ0v) is 14.5. The Morgan fingerprint density at radius 1 is 0.692 bits per heavy atom. The Kier molecular flexibility index (Phi) is 4.55. The van der Waals surface area contributed by atoms with Crippen LogP contribution in [-0.4, -0.2) is 0 Å². The molecule has 0 spiro atoms. The monoisotopic (exact) mass is 376 g/mol. The van der Waals surface area contributed by atoms with Gasteiger partial charge in [0.05, 0.1) is 5.56 Å². The van der Waals surface area contributed by atoms with E-state index in [1.807, 2.05) is 0 Å². The molecule has 4 N–H and O–H groups in total. The predicted octanol–water partition coefficient (Wildman–Crippen LogP) is 3.51. The van der Waals surface area contributed by atoms with Crippen LogP contribution >= 0.6 is 7.14 Å². The first kappa shape index (κ1) is 18.1. The largest absolute Gasteiger partial charge is 0.416 e. The van der Waals surface area contributed by atoms with Crippen molar-refractivity contribution in [2.75, 3.05) is 11.5 Å². The number of benzene rings is 3. The molecule has 0 saturated carbocycles. The van der Waals surface area contributed by atoms with Gasteiger partial charge in [0.1, 0.15) is 0 Å². The van der Waals surface area contributed by atoms with E-state index >= 15 is 0 Å². The van der Waals surface area contributed by atoms with Crippen molar-refractivity contribution in [3.8, 4) is 0 Å². The summed E-state index contributed by atoms with van der Waals surface area (Å²) < 4.78 is 52.8.